The molecule has 3 rings (SSSR count). The lowest BCUT2D eigenvalue weighted by molar-refractivity contribution is -0.384. The average molecular weight is 354 g/mol. The first-order valence-corrected chi connectivity index (χ1v) is 8.59. The lowest BCUT2D eigenvalue weighted by atomic mass is 10.1. The van der Waals surface area contributed by atoms with Gasteiger partial charge >= 0.3 is 0 Å². The van der Waals surface area contributed by atoms with Crippen molar-refractivity contribution in [3.8, 4) is 0 Å². The number of nitro benzene ring substituents is 1. The van der Waals surface area contributed by atoms with Crippen molar-refractivity contribution in [1.29, 1.82) is 0 Å². The molecule has 0 saturated heterocycles. The van der Waals surface area contributed by atoms with Crippen LogP contribution >= 0.6 is 0 Å². The zero-order valence-corrected chi connectivity index (χ0v) is 15.1. The largest absolute Gasteiger partial charge is 0.372 e. The number of hydrogen-bond donors (Lipinski definition) is 0. The molecule has 1 amide bonds. The lowest BCUT2D eigenvalue weighted by Gasteiger charge is -2.29. The second kappa shape index (κ2) is 7.11. The Balaban J connectivity index is 1.95. The van der Waals surface area contributed by atoms with Crippen LogP contribution in [-0.4, -0.2) is 40.9 Å². The summed E-state index contributed by atoms with van der Waals surface area (Å²) in [6.45, 7) is 1.95. The highest BCUT2D eigenvalue weighted by molar-refractivity contribution is 5.96. The first-order valence-electron chi connectivity index (χ1n) is 8.59. The molecule has 0 N–H and O–H groups in total. The molecule has 0 bridgehead atoms. The summed E-state index contributed by atoms with van der Waals surface area (Å²) >= 11 is 0. The average Bonchev–Trinajstić information content (AvgIpc) is 3.46. The molecule has 26 heavy (non-hydrogen) atoms. The molecule has 136 valence electrons. The Morgan fingerprint density at radius 2 is 2.00 bits per heavy atom. The minimum absolute atomic E-state index is 0.0675. The molecule has 1 atom stereocenters. The number of rotatable bonds is 6. The van der Waals surface area contributed by atoms with E-state index in [-0.39, 0.29) is 23.7 Å². The summed E-state index contributed by atoms with van der Waals surface area (Å²) < 4.78 is 0. The van der Waals surface area contributed by atoms with Crippen LogP contribution in [0.2, 0.25) is 0 Å². The highest BCUT2D eigenvalue weighted by atomic mass is 16.6. The van der Waals surface area contributed by atoms with E-state index in [0.717, 1.165) is 18.5 Å². The van der Waals surface area contributed by atoms with Gasteiger partial charge in [-0.3, -0.25) is 19.9 Å². The molecule has 1 saturated carbocycles. The SMILES string of the molecule is C[C@@H](c1ccccn1)N(C(=O)c1ccc(N(C)C)c([N+](=O)[O-])c1)C1CC1. The Morgan fingerprint density at radius 3 is 2.54 bits per heavy atom. The van der Waals surface area contributed by atoms with E-state index in [1.165, 1.54) is 6.07 Å². The Morgan fingerprint density at radius 1 is 1.27 bits per heavy atom. The molecule has 1 aromatic heterocycles. The normalized spacial score (nSPS) is 14.6. The molecular weight excluding hydrogens is 332 g/mol. The van der Waals surface area contributed by atoms with Crippen LogP contribution in [0.3, 0.4) is 0 Å². The fraction of sp³-hybridized carbons (Fsp3) is 0.368. The summed E-state index contributed by atoms with van der Waals surface area (Å²) in [6.07, 6.45) is 3.60. The molecule has 0 spiro atoms. The van der Waals surface area contributed by atoms with E-state index in [0.29, 0.717) is 11.3 Å². The molecule has 1 aliphatic rings. The molecule has 0 aliphatic heterocycles. The van der Waals surface area contributed by atoms with E-state index in [4.69, 9.17) is 0 Å². The number of carbonyl (C=O) groups is 1. The van der Waals surface area contributed by atoms with Crippen LogP contribution < -0.4 is 4.90 Å². The number of nitrogens with zero attached hydrogens (tertiary/aromatic N) is 4. The Bertz CT molecular complexity index is 819. The van der Waals surface area contributed by atoms with Crippen LogP contribution in [0.4, 0.5) is 11.4 Å². The number of amides is 1. The Hall–Kier alpha value is -2.96. The predicted octanol–water partition coefficient (Wildman–Crippen LogP) is 3.42. The summed E-state index contributed by atoms with van der Waals surface area (Å²) in [5, 5.41) is 11.4. The van der Waals surface area contributed by atoms with E-state index in [1.807, 2.05) is 25.1 Å². The second-order valence-corrected chi connectivity index (χ2v) is 6.73. The molecule has 1 heterocycles. The van der Waals surface area contributed by atoms with Crippen molar-refractivity contribution < 1.29 is 9.72 Å². The molecule has 2 aromatic rings. The zero-order chi connectivity index (χ0) is 18.8. The quantitative estimate of drug-likeness (QED) is 0.586. The van der Waals surface area contributed by atoms with Gasteiger partial charge in [-0.15, -0.1) is 0 Å². The van der Waals surface area contributed by atoms with Crippen LogP contribution in [-0.2, 0) is 0 Å². The summed E-state index contributed by atoms with van der Waals surface area (Å²) in [5.41, 5.74) is 1.55. The van der Waals surface area contributed by atoms with Gasteiger partial charge in [-0.25, -0.2) is 0 Å². The number of benzene rings is 1. The van der Waals surface area contributed by atoms with E-state index in [2.05, 4.69) is 4.98 Å². The molecule has 7 nitrogen and oxygen atoms in total. The van der Waals surface area contributed by atoms with Gasteiger partial charge in [0, 0.05) is 38.0 Å². The Kier molecular flexibility index (Phi) is 4.88. The van der Waals surface area contributed by atoms with Gasteiger partial charge in [0.1, 0.15) is 5.69 Å². The van der Waals surface area contributed by atoms with Crippen LogP contribution in [0, 0.1) is 10.1 Å². The number of pyridine rings is 1. The van der Waals surface area contributed by atoms with Gasteiger partial charge in [-0.2, -0.15) is 0 Å². The summed E-state index contributed by atoms with van der Waals surface area (Å²) in [7, 11) is 3.48. The zero-order valence-electron chi connectivity index (χ0n) is 15.1. The maximum absolute atomic E-state index is 13.2. The highest BCUT2D eigenvalue weighted by Gasteiger charge is 2.37. The van der Waals surface area contributed by atoms with Gasteiger partial charge in [0.25, 0.3) is 11.6 Å². The fourth-order valence-corrected chi connectivity index (χ4v) is 3.11. The van der Waals surface area contributed by atoms with Gasteiger partial charge in [0.2, 0.25) is 0 Å². The predicted molar refractivity (Wildman–Crippen MR) is 99.3 cm³/mol. The van der Waals surface area contributed by atoms with Crippen molar-refractivity contribution in [1.82, 2.24) is 9.88 Å². The monoisotopic (exact) mass is 354 g/mol. The van der Waals surface area contributed by atoms with Crippen LogP contribution in [0.5, 0.6) is 0 Å². The third-order valence-corrected chi connectivity index (χ3v) is 4.61. The first-order chi connectivity index (χ1) is 12.4. The van der Waals surface area contributed by atoms with E-state index in [1.54, 1.807) is 42.2 Å². The number of hydrogen-bond acceptors (Lipinski definition) is 5. The van der Waals surface area contributed by atoms with Crippen LogP contribution in [0.15, 0.2) is 42.6 Å². The molecule has 7 heteroatoms. The van der Waals surface area contributed by atoms with Crippen molar-refractivity contribution >= 4 is 17.3 Å². The van der Waals surface area contributed by atoms with Gasteiger partial charge in [-0.05, 0) is 44.0 Å². The molecular formula is C19H22N4O3. The molecule has 0 unspecified atom stereocenters. The molecule has 1 aromatic carbocycles. The van der Waals surface area contributed by atoms with Crippen LogP contribution in [0.1, 0.15) is 41.9 Å². The number of aromatic nitrogens is 1. The van der Waals surface area contributed by atoms with Gasteiger partial charge in [0.15, 0.2) is 0 Å². The van der Waals surface area contributed by atoms with E-state index < -0.39 is 4.92 Å². The lowest BCUT2D eigenvalue weighted by Crippen LogP contribution is -2.36. The number of carbonyl (C=O) groups excluding carboxylic acids is 1. The minimum atomic E-state index is -0.449. The molecule has 0 radical (unpaired) electrons. The molecule has 1 aliphatic carbocycles. The highest BCUT2D eigenvalue weighted by Crippen LogP contribution is 2.36. The first kappa shape index (κ1) is 17.8. The minimum Gasteiger partial charge on any atom is -0.372 e. The van der Waals surface area contributed by atoms with Gasteiger partial charge < -0.3 is 9.80 Å². The number of nitro groups is 1. The fourth-order valence-electron chi connectivity index (χ4n) is 3.11. The summed E-state index contributed by atoms with van der Waals surface area (Å²) in [4.78, 5) is 32.0. The van der Waals surface area contributed by atoms with Crippen LogP contribution in [0.25, 0.3) is 0 Å². The third-order valence-electron chi connectivity index (χ3n) is 4.61. The summed E-state index contributed by atoms with van der Waals surface area (Å²) in [5.74, 6) is -0.195. The maximum atomic E-state index is 13.2. The van der Waals surface area contributed by atoms with E-state index in [9.17, 15) is 14.9 Å². The van der Waals surface area contributed by atoms with E-state index >= 15 is 0 Å². The van der Waals surface area contributed by atoms with Gasteiger partial charge in [-0.1, -0.05) is 6.07 Å². The van der Waals surface area contributed by atoms with Crippen molar-refractivity contribution in [2.24, 2.45) is 0 Å². The van der Waals surface area contributed by atoms with Crippen molar-refractivity contribution in [2.45, 2.75) is 31.8 Å². The summed E-state index contributed by atoms with van der Waals surface area (Å²) in [6, 6.07) is 10.3. The smallest absolute Gasteiger partial charge is 0.293 e. The van der Waals surface area contributed by atoms with Gasteiger partial charge in [0.05, 0.1) is 16.7 Å². The van der Waals surface area contributed by atoms with Crippen molar-refractivity contribution in [3.63, 3.8) is 0 Å². The Labute approximate surface area is 152 Å². The number of anilines is 1. The molecule has 1 fully saturated rings. The standard InChI is InChI=1S/C19H22N4O3/c1-13(16-6-4-5-11-20-16)22(15-8-9-15)19(24)14-7-10-17(21(2)3)18(12-14)23(25)26/h4-7,10-13,15H,8-9H2,1-3H3/t13-/m0/s1. The van der Waals surface area contributed by atoms with Crippen molar-refractivity contribution in [2.75, 3.05) is 19.0 Å². The maximum Gasteiger partial charge on any atom is 0.293 e. The topological polar surface area (TPSA) is 79.6 Å². The second-order valence-electron chi connectivity index (χ2n) is 6.73. The van der Waals surface area contributed by atoms with Crippen molar-refractivity contribution in [3.05, 3.63) is 64.0 Å². The third kappa shape index (κ3) is 3.51.